The second-order valence-electron chi connectivity index (χ2n) is 6.89. The van der Waals surface area contributed by atoms with Crippen molar-refractivity contribution in [3.8, 4) is 5.75 Å². The maximum Gasteiger partial charge on any atom is 0.242 e. The standard InChI is InChI=1S/C17H25N3O2/c1-17(2)12-20(11-16(21)19-8-4-3-5-9-19)14-10-13(18)6-7-15(14)22-17/h6-7,10H,3-5,8-9,11-12,18H2,1-2H3. The Hall–Kier alpha value is -1.91. The summed E-state index contributed by atoms with van der Waals surface area (Å²) >= 11 is 0. The molecule has 1 aromatic carbocycles. The first kappa shape index (κ1) is 15.0. The van der Waals surface area contributed by atoms with Crippen molar-refractivity contribution >= 4 is 17.3 Å². The Morgan fingerprint density at radius 2 is 2.00 bits per heavy atom. The quantitative estimate of drug-likeness (QED) is 0.851. The van der Waals surface area contributed by atoms with Crippen molar-refractivity contribution in [1.82, 2.24) is 4.90 Å². The first-order chi connectivity index (χ1) is 10.4. The maximum atomic E-state index is 12.6. The molecule has 2 aliphatic rings. The van der Waals surface area contributed by atoms with Crippen LogP contribution in [0.3, 0.4) is 0 Å². The molecule has 0 radical (unpaired) electrons. The lowest BCUT2D eigenvalue weighted by molar-refractivity contribution is -0.130. The fraction of sp³-hybridized carbons (Fsp3) is 0.588. The minimum absolute atomic E-state index is 0.200. The minimum Gasteiger partial charge on any atom is -0.484 e. The zero-order valence-electron chi connectivity index (χ0n) is 13.5. The molecule has 5 heteroatoms. The summed E-state index contributed by atoms with van der Waals surface area (Å²) in [5.74, 6) is 1.00. The highest BCUT2D eigenvalue weighted by atomic mass is 16.5. The lowest BCUT2D eigenvalue weighted by Crippen LogP contribution is -2.51. The summed E-state index contributed by atoms with van der Waals surface area (Å²) in [7, 11) is 0. The van der Waals surface area contributed by atoms with Gasteiger partial charge in [-0.1, -0.05) is 0 Å². The van der Waals surface area contributed by atoms with Gasteiger partial charge in [0.15, 0.2) is 0 Å². The van der Waals surface area contributed by atoms with Crippen molar-refractivity contribution in [2.24, 2.45) is 0 Å². The number of fused-ring (bicyclic) bond motifs is 1. The van der Waals surface area contributed by atoms with Crippen LogP contribution in [-0.4, -0.2) is 42.6 Å². The number of rotatable bonds is 2. The smallest absolute Gasteiger partial charge is 0.242 e. The molecule has 1 fully saturated rings. The van der Waals surface area contributed by atoms with Crippen LogP contribution in [0.5, 0.6) is 5.75 Å². The Balaban J connectivity index is 1.80. The van der Waals surface area contributed by atoms with Gasteiger partial charge in [0, 0.05) is 18.8 Å². The minimum atomic E-state index is -0.314. The number of amides is 1. The topological polar surface area (TPSA) is 58.8 Å². The monoisotopic (exact) mass is 303 g/mol. The third-order valence-corrected chi connectivity index (χ3v) is 4.32. The average molecular weight is 303 g/mol. The predicted octanol–water partition coefficient (Wildman–Crippen LogP) is 2.26. The lowest BCUT2D eigenvalue weighted by Gasteiger charge is -2.41. The van der Waals surface area contributed by atoms with E-state index in [0.29, 0.717) is 18.8 Å². The highest BCUT2D eigenvalue weighted by molar-refractivity contribution is 5.83. The van der Waals surface area contributed by atoms with Crippen molar-refractivity contribution in [1.29, 1.82) is 0 Å². The number of anilines is 2. The highest BCUT2D eigenvalue weighted by Gasteiger charge is 2.33. The molecule has 2 N–H and O–H groups in total. The third kappa shape index (κ3) is 3.13. The molecule has 0 bridgehead atoms. The summed E-state index contributed by atoms with van der Waals surface area (Å²) in [6.07, 6.45) is 3.46. The average Bonchev–Trinajstić information content (AvgIpc) is 2.48. The molecule has 1 amide bonds. The molecule has 22 heavy (non-hydrogen) atoms. The number of nitrogens with zero attached hydrogens (tertiary/aromatic N) is 2. The summed E-state index contributed by atoms with van der Waals surface area (Å²) in [5, 5.41) is 0. The Kier molecular flexibility index (Phi) is 3.89. The number of benzene rings is 1. The molecule has 0 atom stereocenters. The number of hydrogen-bond acceptors (Lipinski definition) is 4. The van der Waals surface area contributed by atoms with E-state index in [1.165, 1.54) is 6.42 Å². The van der Waals surface area contributed by atoms with Gasteiger partial charge in [0.25, 0.3) is 0 Å². The van der Waals surface area contributed by atoms with E-state index < -0.39 is 0 Å². The molecular weight excluding hydrogens is 278 g/mol. The molecule has 1 aromatic rings. The molecule has 5 nitrogen and oxygen atoms in total. The molecule has 120 valence electrons. The first-order valence-electron chi connectivity index (χ1n) is 8.06. The Morgan fingerprint density at radius 1 is 1.27 bits per heavy atom. The van der Waals surface area contributed by atoms with E-state index in [2.05, 4.69) is 4.90 Å². The van der Waals surface area contributed by atoms with Crippen LogP contribution >= 0.6 is 0 Å². The van der Waals surface area contributed by atoms with Crippen molar-refractivity contribution in [2.45, 2.75) is 38.7 Å². The lowest BCUT2D eigenvalue weighted by atomic mass is 10.0. The molecule has 2 aliphatic heterocycles. The van der Waals surface area contributed by atoms with Gasteiger partial charge in [-0.3, -0.25) is 4.79 Å². The van der Waals surface area contributed by atoms with Crippen molar-refractivity contribution < 1.29 is 9.53 Å². The molecule has 0 spiro atoms. The highest BCUT2D eigenvalue weighted by Crippen LogP contribution is 2.38. The van der Waals surface area contributed by atoms with E-state index in [-0.39, 0.29) is 11.5 Å². The summed E-state index contributed by atoms with van der Waals surface area (Å²) in [6, 6.07) is 5.63. The van der Waals surface area contributed by atoms with Crippen LogP contribution in [0.15, 0.2) is 18.2 Å². The van der Waals surface area contributed by atoms with Gasteiger partial charge < -0.3 is 20.3 Å². The summed E-state index contributed by atoms with van der Waals surface area (Å²) in [4.78, 5) is 16.7. The zero-order valence-corrected chi connectivity index (χ0v) is 13.5. The number of carbonyl (C=O) groups excluding carboxylic acids is 1. The van der Waals surface area contributed by atoms with Crippen LogP contribution < -0.4 is 15.4 Å². The van der Waals surface area contributed by atoms with E-state index in [9.17, 15) is 4.79 Å². The van der Waals surface area contributed by atoms with Crippen LogP contribution in [0.4, 0.5) is 11.4 Å². The van der Waals surface area contributed by atoms with Crippen LogP contribution in [0.25, 0.3) is 0 Å². The number of ether oxygens (including phenoxy) is 1. The molecule has 1 saturated heterocycles. The Morgan fingerprint density at radius 3 is 2.73 bits per heavy atom. The summed E-state index contributed by atoms with van der Waals surface area (Å²) in [5.41, 5.74) is 7.21. The van der Waals surface area contributed by atoms with Gasteiger partial charge in [0.1, 0.15) is 11.4 Å². The first-order valence-corrected chi connectivity index (χ1v) is 8.06. The van der Waals surface area contributed by atoms with E-state index in [0.717, 1.165) is 37.4 Å². The second kappa shape index (κ2) is 5.71. The van der Waals surface area contributed by atoms with Crippen LogP contribution in [-0.2, 0) is 4.79 Å². The number of piperidine rings is 1. The number of likely N-dealkylation sites (tertiary alicyclic amines) is 1. The molecule has 3 rings (SSSR count). The molecule has 0 saturated carbocycles. The predicted molar refractivity (Wildman–Crippen MR) is 88.2 cm³/mol. The van der Waals surface area contributed by atoms with Gasteiger partial charge in [0.2, 0.25) is 5.91 Å². The molecule has 0 unspecified atom stereocenters. The van der Waals surface area contributed by atoms with Gasteiger partial charge in [-0.15, -0.1) is 0 Å². The van der Waals surface area contributed by atoms with E-state index in [4.69, 9.17) is 10.5 Å². The van der Waals surface area contributed by atoms with Gasteiger partial charge in [-0.25, -0.2) is 0 Å². The zero-order chi connectivity index (χ0) is 15.7. The molecule has 0 aliphatic carbocycles. The third-order valence-electron chi connectivity index (χ3n) is 4.32. The van der Waals surface area contributed by atoms with Crippen molar-refractivity contribution in [3.63, 3.8) is 0 Å². The molecule has 0 aromatic heterocycles. The molecular formula is C17H25N3O2. The fourth-order valence-electron chi connectivity index (χ4n) is 3.29. The van der Waals surface area contributed by atoms with Crippen LogP contribution in [0.1, 0.15) is 33.1 Å². The van der Waals surface area contributed by atoms with E-state index >= 15 is 0 Å². The summed E-state index contributed by atoms with van der Waals surface area (Å²) < 4.78 is 6.01. The summed E-state index contributed by atoms with van der Waals surface area (Å²) in [6.45, 7) is 6.94. The number of nitrogens with two attached hydrogens (primary N) is 1. The normalized spacial score (nSPS) is 20.3. The van der Waals surface area contributed by atoms with E-state index in [1.807, 2.05) is 36.9 Å². The van der Waals surface area contributed by atoms with Crippen LogP contribution in [0.2, 0.25) is 0 Å². The number of hydrogen-bond donors (Lipinski definition) is 1. The second-order valence-corrected chi connectivity index (χ2v) is 6.89. The SMILES string of the molecule is CC1(C)CN(CC(=O)N2CCCCC2)c2cc(N)ccc2O1. The van der Waals surface area contributed by atoms with Gasteiger partial charge in [0.05, 0.1) is 18.8 Å². The number of carbonyl (C=O) groups is 1. The Bertz CT molecular complexity index is 565. The van der Waals surface area contributed by atoms with Crippen molar-refractivity contribution in [2.75, 3.05) is 36.8 Å². The van der Waals surface area contributed by atoms with Crippen LogP contribution in [0, 0.1) is 0 Å². The van der Waals surface area contributed by atoms with Crippen molar-refractivity contribution in [3.05, 3.63) is 18.2 Å². The molecule has 2 heterocycles. The Labute approximate surface area is 132 Å². The van der Waals surface area contributed by atoms with Gasteiger partial charge in [-0.05, 0) is 51.3 Å². The van der Waals surface area contributed by atoms with Gasteiger partial charge in [-0.2, -0.15) is 0 Å². The number of nitrogen functional groups attached to an aromatic ring is 1. The van der Waals surface area contributed by atoms with E-state index in [1.54, 1.807) is 0 Å². The largest absolute Gasteiger partial charge is 0.484 e. The fourth-order valence-corrected chi connectivity index (χ4v) is 3.29. The van der Waals surface area contributed by atoms with Gasteiger partial charge >= 0.3 is 0 Å². The maximum absolute atomic E-state index is 12.6.